The van der Waals surface area contributed by atoms with E-state index < -0.39 is 0 Å². The lowest BCUT2D eigenvalue weighted by Gasteiger charge is -2.20. The molecule has 13 heavy (non-hydrogen) atoms. The van der Waals surface area contributed by atoms with E-state index >= 15 is 0 Å². The molecule has 0 spiro atoms. The Kier molecular flexibility index (Phi) is 6.03. The summed E-state index contributed by atoms with van der Waals surface area (Å²) in [6.45, 7) is 16.3. The van der Waals surface area contributed by atoms with Gasteiger partial charge in [-0.15, -0.1) is 0 Å². The second-order valence-corrected chi connectivity index (χ2v) is 3.01. The molecule has 0 aliphatic rings. The largest absolute Gasteiger partial charge is 0.373 e. The van der Waals surface area contributed by atoms with Crippen LogP contribution in [-0.4, -0.2) is 18.0 Å². The average molecular weight is 179 g/mol. The normalized spacial score (nSPS) is 10.4. The maximum absolute atomic E-state index is 4.00. The summed E-state index contributed by atoms with van der Waals surface area (Å²) in [5, 5.41) is 0. The standard InChI is InChI=1S/C12H21N/c1-6-11(4)9-10-12(5)13(7-2)8-3/h9-10H,4-8H2,1-3H3/b10-9-. The summed E-state index contributed by atoms with van der Waals surface area (Å²) >= 11 is 0. The van der Waals surface area contributed by atoms with Gasteiger partial charge in [0, 0.05) is 18.8 Å². The number of likely N-dealkylation sites (N-methyl/N-ethyl adjacent to an activating group) is 1. The molecule has 0 saturated heterocycles. The lowest BCUT2D eigenvalue weighted by molar-refractivity contribution is 0.396. The fraction of sp³-hybridized carbons (Fsp3) is 0.500. The van der Waals surface area contributed by atoms with E-state index in [1.165, 1.54) is 0 Å². The molecular weight excluding hydrogens is 158 g/mol. The van der Waals surface area contributed by atoms with Crippen LogP contribution in [0.4, 0.5) is 0 Å². The Hall–Kier alpha value is -0.980. The topological polar surface area (TPSA) is 3.24 Å². The summed E-state index contributed by atoms with van der Waals surface area (Å²) in [6.07, 6.45) is 5.08. The maximum atomic E-state index is 4.00. The van der Waals surface area contributed by atoms with E-state index in [1.54, 1.807) is 0 Å². The van der Waals surface area contributed by atoms with Gasteiger partial charge in [0.05, 0.1) is 0 Å². The van der Waals surface area contributed by atoms with Crippen molar-refractivity contribution in [3.63, 3.8) is 0 Å². The Balaban J connectivity index is 4.12. The van der Waals surface area contributed by atoms with Crippen molar-refractivity contribution >= 4 is 0 Å². The maximum Gasteiger partial charge on any atom is 0.0293 e. The molecule has 0 amide bonds. The highest BCUT2D eigenvalue weighted by Gasteiger charge is 1.97. The lowest BCUT2D eigenvalue weighted by atomic mass is 10.2. The summed E-state index contributed by atoms with van der Waals surface area (Å²) in [5.41, 5.74) is 2.22. The van der Waals surface area contributed by atoms with Gasteiger partial charge in [0.25, 0.3) is 0 Å². The molecule has 0 aromatic rings. The van der Waals surface area contributed by atoms with Gasteiger partial charge in [0.15, 0.2) is 0 Å². The van der Waals surface area contributed by atoms with Gasteiger partial charge in [0.1, 0.15) is 0 Å². The van der Waals surface area contributed by atoms with E-state index in [1.807, 2.05) is 12.2 Å². The van der Waals surface area contributed by atoms with Crippen molar-refractivity contribution < 1.29 is 0 Å². The van der Waals surface area contributed by atoms with Crippen LogP contribution < -0.4 is 0 Å². The first-order valence-electron chi connectivity index (χ1n) is 4.95. The molecule has 1 heteroatoms. The zero-order chi connectivity index (χ0) is 10.3. The molecule has 1 nitrogen and oxygen atoms in total. The van der Waals surface area contributed by atoms with E-state index in [0.717, 1.165) is 30.8 Å². The molecule has 0 aliphatic heterocycles. The minimum atomic E-state index is 1.00. The first-order valence-corrected chi connectivity index (χ1v) is 4.95. The van der Waals surface area contributed by atoms with Crippen LogP contribution in [0.1, 0.15) is 27.2 Å². The molecule has 0 heterocycles. The van der Waals surface area contributed by atoms with Crippen LogP contribution in [0.25, 0.3) is 0 Å². The van der Waals surface area contributed by atoms with Crippen LogP contribution in [0, 0.1) is 0 Å². The van der Waals surface area contributed by atoms with Crippen molar-refractivity contribution in [3.8, 4) is 0 Å². The molecule has 74 valence electrons. The van der Waals surface area contributed by atoms with E-state index in [2.05, 4.69) is 38.8 Å². The summed E-state index contributed by atoms with van der Waals surface area (Å²) < 4.78 is 0. The molecule has 0 bridgehead atoms. The predicted octanol–water partition coefficient (Wildman–Crippen LogP) is 3.36. The highest BCUT2D eigenvalue weighted by Crippen LogP contribution is 2.05. The number of hydrogen-bond donors (Lipinski definition) is 0. The van der Waals surface area contributed by atoms with Crippen molar-refractivity contribution in [2.75, 3.05) is 13.1 Å². The first-order chi connectivity index (χ1) is 6.15. The molecule has 0 atom stereocenters. The smallest absolute Gasteiger partial charge is 0.0293 e. The molecule has 0 unspecified atom stereocenters. The predicted molar refractivity (Wildman–Crippen MR) is 60.6 cm³/mol. The zero-order valence-corrected chi connectivity index (χ0v) is 9.14. The van der Waals surface area contributed by atoms with Gasteiger partial charge in [-0.25, -0.2) is 0 Å². The van der Waals surface area contributed by atoms with Gasteiger partial charge < -0.3 is 4.90 Å². The molecule has 0 aliphatic carbocycles. The van der Waals surface area contributed by atoms with E-state index in [4.69, 9.17) is 0 Å². The van der Waals surface area contributed by atoms with Crippen LogP contribution >= 0.6 is 0 Å². The Morgan fingerprint density at radius 1 is 1.08 bits per heavy atom. The van der Waals surface area contributed by atoms with Gasteiger partial charge in [-0.05, 0) is 26.3 Å². The molecule has 0 rings (SSSR count). The Morgan fingerprint density at radius 3 is 2.00 bits per heavy atom. The third-order valence-electron chi connectivity index (χ3n) is 2.14. The summed E-state index contributed by atoms with van der Waals surface area (Å²) in [5.74, 6) is 0. The monoisotopic (exact) mass is 179 g/mol. The first kappa shape index (κ1) is 12.0. The van der Waals surface area contributed by atoms with Crippen LogP contribution in [0.15, 0.2) is 36.6 Å². The van der Waals surface area contributed by atoms with Crippen molar-refractivity contribution in [1.82, 2.24) is 4.90 Å². The summed E-state index contributed by atoms with van der Waals surface area (Å²) in [7, 11) is 0. The molecule has 0 aromatic heterocycles. The van der Waals surface area contributed by atoms with E-state index in [0.29, 0.717) is 0 Å². The molecule has 0 fully saturated rings. The minimum absolute atomic E-state index is 1.00. The number of nitrogens with zero attached hydrogens (tertiary/aromatic N) is 1. The van der Waals surface area contributed by atoms with Gasteiger partial charge in [-0.3, -0.25) is 0 Å². The molecule has 0 N–H and O–H groups in total. The van der Waals surface area contributed by atoms with Crippen molar-refractivity contribution in [1.29, 1.82) is 0 Å². The van der Waals surface area contributed by atoms with Crippen LogP contribution in [0.3, 0.4) is 0 Å². The van der Waals surface area contributed by atoms with E-state index in [9.17, 15) is 0 Å². The molecule has 0 radical (unpaired) electrons. The fourth-order valence-corrected chi connectivity index (χ4v) is 1.07. The molecular formula is C12H21N. The van der Waals surface area contributed by atoms with Gasteiger partial charge in [0.2, 0.25) is 0 Å². The second-order valence-electron chi connectivity index (χ2n) is 3.01. The SMILES string of the molecule is C=C(/C=C\C(=C)N(CC)CC)CC. The van der Waals surface area contributed by atoms with Crippen molar-refractivity contribution in [2.24, 2.45) is 0 Å². The van der Waals surface area contributed by atoms with Crippen molar-refractivity contribution in [3.05, 3.63) is 36.6 Å². The van der Waals surface area contributed by atoms with Crippen LogP contribution in [0.2, 0.25) is 0 Å². The second kappa shape index (κ2) is 6.53. The Morgan fingerprint density at radius 2 is 1.62 bits per heavy atom. The van der Waals surface area contributed by atoms with Crippen LogP contribution in [0.5, 0.6) is 0 Å². The highest BCUT2D eigenvalue weighted by atomic mass is 15.1. The zero-order valence-electron chi connectivity index (χ0n) is 9.14. The quantitative estimate of drug-likeness (QED) is 0.565. The minimum Gasteiger partial charge on any atom is -0.373 e. The number of rotatable bonds is 6. The average Bonchev–Trinajstić information content (AvgIpc) is 2.16. The van der Waals surface area contributed by atoms with Gasteiger partial charge in [-0.1, -0.05) is 31.7 Å². The van der Waals surface area contributed by atoms with Gasteiger partial charge >= 0.3 is 0 Å². The van der Waals surface area contributed by atoms with Crippen molar-refractivity contribution in [2.45, 2.75) is 27.2 Å². The third kappa shape index (κ3) is 4.56. The fourth-order valence-electron chi connectivity index (χ4n) is 1.07. The summed E-state index contributed by atoms with van der Waals surface area (Å²) in [4.78, 5) is 2.22. The Bertz CT molecular complexity index is 197. The third-order valence-corrected chi connectivity index (χ3v) is 2.14. The number of allylic oxidation sites excluding steroid dienone is 3. The van der Waals surface area contributed by atoms with E-state index in [-0.39, 0.29) is 0 Å². The molecule has 0 saturated carbocycles. The number of hydrogen-bond acceptors (Lipinski definition) is 1. The van der Waals surface area contributed by atoms with Crippen LogP contribution in [-0.2, 0) is 0 Å². The molecule has 0 aromatic carbocycles. The highest BCUT2D eigenvalue weighted by molar-refractivity contribution is 5.23. The summed E-state index contributed by atoms with van der Waals surface area (Å²) in [6, 6.07) is 0. The van der Waals surface area contributed by atoms with Gasteiger partial charge in [-0.2, -0.15) is 0 Å². The lowest BCUT2D eigenvalue weighted by Crippen LogP contribution is -2.20. The Labute approximate surface area is 82.4 Å².